The van der Waals surface area contributed by atoms with Gasteiger partial charge in [0.15, 0.2) is 0 Å². The van der Waals surface area contributed by atoms with Crippen molar-refractivity contribution in [3.8, 4) is 5.75 Å². The van der Waals surface area contributed by atoms with E-state index < -0.39 is 0 Å². The molecule has 0 saturated heterocycles. The molecule has 1 aliphatic heterocycles. The Morgan fingerprint density at radius 2 is 1.54 bits per heavy atom. The number of benzene rings is 2. The molecule has 2 atom stereocenters. The van der Waals surface area contributed by atoms with E-state index in [2.05, 4.69) is 13.8 Å². The van der Waals surface area contributed by atoms with Gasteiger partial charge < -0.3 is 5.11 Å². The molecule has 2 heterocycles. The number of aromatic nitrogens is 3. The third-order valence-corrected chi connectivity index (χ3v) is 7.82. The summed E-state index contributed by atoms with van der Waals surface area (Å²) in [5.74, 6) is 0.247. The van der Waals surface area contributed by atoms with Gasteiger partial charge in [-0.3, -0.25) is 14.5 Å². The number of carbonyl (C=O) groups is 2. The Labute approximate surface area is 218 Å². The molecule has 1 aliphatic carbocycles. The molecule has 0 spiro atoms. The SMILES string of the molecule is CCCCC(C)CC(Cc1cccc(CN2C(=O)C3=C(CCCC3)C2=O)c1O)n1nc2ccccc2n1. The molecule has 1 aromatic heterocycles. The first kappa shape index (κ1) is 25.2. The molecule has 0 radical (unpaired) electrons. The molecule has 3 aromatic rings. The van der Waals surface area contributed by atoms with E-state index in [1.165, 1.54) is 11.3 Å². The number of rotatable bonds is 10. The molecule has 2 aromatic carbocycles. The van der Waals surface area contributed by atoms with E-state index in [0.29, 0.717) is 41.9 Å². The predicted molar refractivity (Wildman–Crippen MR) is 143 cm³/mol. The molecule has 194 valence electrons. The van der Waals surface area contributed by atoms with Gasteiger partial charge in [0.05, 0.1) is 12.6 Å². The van der Waals surface area contributed by atoms with Crippen LogP contribution < -0.4 is 0 Å². The van der Waals surface area contributed by atoms with Crippen LogP contribution in [-0.2, 0) is 22.6 Å². The molecule has 2 unspecified atom stereocenters. The van der Waals surface area contributed by atoms with Gasteiger partial charge in [0.2, 0.25) is 0 Å². The number of phenolic OH excluding ortho intramolecular Hbond substituents is 1. The number of aromatic hydroxyl groups is 1. The molecule has 7 nitrogen and oxygen atoms in total. The van der Waals surface area contributed by atoms with Crippen LogP contribution in [0.25, 0.3) is 11.0 Å². The summed E-state index contributed by atoms with van der Waals surface area (Å²) >= 11 is 0. The normalized spacial score (nSPS) is 17.5. The van der Waals surface area contributed by atoms with Gasteiger partial charge in [0, 0.05) is 23.1 Å². The summed E-state index contributed by atoms with van der Waals surface area (Å²) in [5.41, 5.74) is 4.43. The fraction of sp³-hybridized carbons (Fsp3) is 0.467. The topological polar surface area (TPSA) is 88.3 Å². The van der Waals surface area contributed by atoms with Crippen molar-refractivity contribution in [3.05, 3.63) is 64.7 Å². The fourth-order valence-corrected chi connectivity index (χ4v) is 5.73. The van der Waals surface area contributed by atoms with Gasteiger partial charge in [-0.15, -0.1) is 0 Å². The first-order chi connectivity index (χ1) is 18.0. The molecule has 37 heavy (non-hydrogen) atoms. The summed E-state index contributed by atoms with van der Waals surface area (Å²) in [6.45, 7) is 4.56. The van der Waals surface area contributed by atoms with Gasteiger partial charge in [-0.1, -0.05) is 63.4 Å². The van der Waals surface area contributed by atoms with E-state index in [-0.39, 0.29) is 30.2 Å². The maximum absolute atomic E-state index is 13.0. The zero-order valence-corrected chi connectivity index (χ0v) is 21.8. The monoisotopic (exact) mass is 500 g/mol. The van der Waals surface area contributed by atoms with Crippen molar-refractivity contribution in [2.24, 2.45) is 5.92 Å². The number of phenols is 1. The number of hydrogen-bond acceptors (Lipinski definition) is 5. The van der Waals surface area contributed by atoms with Crippen molar-refractivity contribution in [1.82, 2.24) is 19.9 Å². The van der Waals surface area contributed by atoms with Crippen molar-refractivity contribution in [3.63, 3.8) is 0 Å². The Kier molecular flexibility index (Phi) is 7.40. The minimum atomic E-state index is -0.195. The number of fused-ring (bicyclic) bond motifs is 1. The van der Waals surface area contributed by atoms with Crippen LogP contribution in [0.5, 0.6) is 5.75 Å². The second-order valence-corrected chi connectivity index (χ2v) is 10.6. The molecule has 0 fully saturated rings. The first-order valence-corrected chi connectivity index (χ1v) is 13.7. The number of amides is 2. The summed E-state index contributed by atoms with van der Waals surface area (Å²) < 4.78 is 0. The van der Waals surface area contributed by atoms with Gasteiger partial charge in [-0.2, -0.15) is 15.0 Å². The molecule has 1 N–H and O–H groups in total. The lowest BCUT2D eigenvalue weighted by Crippen LogP contribution is -2.31. The summed E-state index contributed by atoms with van der Waals surface area (Å²) in [7, 11) is 0. The second kappa shape index (κ2) is 10.9. The Balaban J connectivity index is 1.39. The largest absolute Gasteiger partial charge is 0.507 e. The van der Waals surface area contributed by atoms with Crippen molar-refractivity contribution in [1.29, 1.82) is 0 Å². The highest BCUT2D eigenvalue weighted by Gasteiger charge is 2.39. The van der Waals surface area contributed by atoms with Crippen LogP contribution in [0.15, 0.2) is 53.6 Å². The molecule has 0 bridgehead atoms. The molecule has 5 rings (SSSR count). The average molecular weight is 501 g/mol. The molecule has 2 amide bonds. The maximum atomic E-state index is 13.0. The van der Waals surface area contributed by atoms with Crippen molar-refractivity contribution >= 4 is 22.8 Å². The standard InChI is InChI=1S/C30H36N4O3/c1-3-4-10-20(2)17-23(34-31-26-15-7-8-16-27(26)32-34)18-21-11-9-12-22(28(21)35)19-33-29(36)24-13-5-6-14-25(24)30(33)37/h7-9,11-12,15-16,20,23,35H,3-6,10,13-14,17-19H2,1-2H3. The number of unbranched alkanes of at least 4 members (excludes halogenated alkanes) is 1. The molecule has 2 aliphatic rings. The summed E-state index contributed by atoms with van der Waals surface area (Å²) in [4.78, 5) is 29.0. The zero-order valence-electron chi connectivity index (χ0n) is 21.8. The van der Waals surface area contributed by atoms with E-state index in [4.69, 9.17) is 10.2 Å². The highest BCUT2D eigenvalue weighted by Crippen LogP contribution is 2.36. The summed E-state index contributed by atoms with van der Waals surface area (Å²) in [6.07, 6.45) is 8.17. The van der Waals surface area contributed by atoms with E-state index in [0.717, 1.165) is 48.7 Å². The van der Waals surface area contributed by atoms with Crippen molar-refractivity contribution in [2.75, 3.05) is 0 Å². The van der Waals surface area contributed by atoms with Crippen LogP contribution in [0.3, 0.4) is 0 Å². The van der Waals surface area contributed by atoms with Crippen molar-refractivity contribution < 1.29 is 14.7 Å². The van der Waals surface area contributed by atoms with Gasteiger partial charge in [0.25, 0.3) is 11.8 Å². The van der Waals surface area contributed by atoms with Gasteiger partial charge in [-0.05, 0) is 55.7 Å². The highest BCUT2D eigenvalue weighted by atomic mass is 16.3. The highest BCUT2D eigenvalue weighted by molar-refractivity contribution is 6.19. The van der Waals surface area contributed by atoms with E-state index in [1.54, 1.807) is 6.07 Å². The van der Waals surface area contributed by atoms with Crippen LogP contribution in [-0.4, -0.2) is 36.8 Å². The fourth-order valence-electron chi connectivity index (χ4n) is 5.73. The molecule has 7 heteroatoms. The summed E-state index contributed by atoms with van der Waals surface area (Å²) in [5, 5.41) is 20.8. The van der Waals surface area contributed by atoms with E-state index >= 15 is 0 Å². The molecular weight excluding hydrogens is 464 g/mol. The smallest absolute Gasteiger partial charge is 0.257 e. The first-order valence-electron chi connectivity index (χ1n) is 13.7. The Bertz CT molecular complexity index is 1280. The second-order valence-electron chi connectivity index (χ2n) is 10.6. The lowest BCUT2D eigenvalue weighted by molar-refractivity contribution is -0.138. The molecule has 0 saturated carbocycles. The predicted octanol–water partition coefficient (Wildman–Crippen LogP) is 5.88. The number of para-hydroxylation sites is 1. The lowest BCUT2D eigenvalue weighted by Gasteiger charge is -2.22. The van der Waals surface area contributed by atoms with Crippen LogP contribution >= 0.6 is 0 Å². The van der Waals surface area contributed by atoms with E-state index in [9.17, 15) is 14.7 Å². The third-order valence-electron chi connectivity index (χ3n) is 7.82. The Morgan fingerprint density at radius 3 is 2.16 bits per heavy atom. The van der Waals surface area contributed by atoms with E-state index in [1.807, 2.05) is 41.2 Å². The Morgan fingerprint density at radius 1 is 0.919 bits per heavy atom. The van der Waals surface area contributed by atoms with Gasteiger partial charge in [0.1, 0.15) is 16.8 Å². The van der Waals surface area contributed by atoms with Crippen LogP contribution in [0.2, 0.25) is 0 Å². The molecular formula is C30H36N4O3. The van der Waals surface area contributed by atoms with Gasteiger partial charge in [-0.25, -0.2) is 0 Å². The lowest BCUT2D eigenvalue weighted by atomic mass is 9.92. The van der Waals surface area contributed by atoms with Gasteiger partial charge >= 0.3 is 0 Å². The quantitative estimate of drug-likeness (QED) is 0.351. The minimum Gasteiger partial charge on any atom is -0.507 e. The number of nitrogens with zero attached hydrogens (tertiary/aromatic N) is 4. The maximum Gasteiger partial charge on any atom is 0.257 e. The third kappa shape index (κ3) is 5.17. The van der Waals surface area contributed by atoms with Crippen LogP contribution in [0.1, 0.15) is 82.4 Å². The number of imide groups is 1. The number of hydrogen-bond donors (Lipinski definition) is 1. The van der Waals surface area contributed by atoms with Crippen LogP contribution in [0, 0.1) is 5.92 Å². The van der Waals surface area contributed by atoms with Crippen molar-refractivity contribution in [2.45, 2.75) is 84.2 Å². The average Bonchev–Trinajstić information content (AvgIpc) is 3.44. The summed E-state index contributed by atoms with van der Waals surface area (Å²) in [6, 6.07) is 13.4. The number of carbonyl (C=O) groups excluding carboxylic acids is 2. The van der Waals surface area contributed by atoms with Crippen LogP contribution in [0.4, 0.5) is 0 Å². The minimum absolute atomic E-state index is 0.0237. The Hall–Kier alpha value is -3.48. The zero-order chi connectivity index (χ0) is 25.9.